The Morgan fingerprint density at radius 1 is 0.722 bits per heavy atom. The summed E-state index contributed by atoms with van der Waals surface area (Å²) >= 11 is 0. The number of alkyl halides is 3. The first kappa shape index (κ1) is 38.8. The molecular weight excluding hydrogens is 691 g/mol. The van der Waals surface area contributed by atoms with Gasteiger partial charge < -0.3 is 19.4 Å². The first-order valence-corrected chi connectivity index (χ1v) is 19.1. The van der Waals surface area contributed by atoms with Crippen LogP contribution in [0.4, 0.5) is 13.2 Å². The predicted molar refractivity (Wildman–Crippen MR) is 203 cm³/mol. The Morgan fingerprint density at radius 2 is 1.39 bits per heavy atom. The summed E-state index contributed by atoms with van der Waals surface area (Å²) in [6, 6.07) is 32.1. The fraction of sp³-hybridized carbons (Fsp3) is 0.386. The molecule has 2 aliphatic heterocycles. The number of aryl methyl sites for hydroxylation is 1. The molecule has 2 saturated heterocycles. The maximum Gasteiger partial charge on any atom is 0.491 e. The predicted octanol–water partition coefficient (Wildman–Crippen LogP) is 8.51. The van der Waals surface area contributed by atoms with Crippen LogP contribution >= 0.6 is 0 Å². The number of piperidine rings is 2. The van der Waals surface area contributed by atoms with Crippen molar-refractivity contribution in [3.05, 3.63) is 125 Å². The van der Waals surface area contributed by atoms with Gasteiger partial charge >= 0.3 is 12.1 Å². The number of hydrogen-bond donors (Lipinski definition) is 0. The molecule has 2 aliphatic rings. The second kappa shape index (κ2) is 18.4. The van der Waals surface area contributed by atoms with Gasteiger partial charge in [-0.15, -0.1) is 0 Å². The number of rotatable bonds is 13. The van der Waals surface area contributed by atoms with Gasteiger partial charge in [-0.05, 0) is 110 Å². The first-order valence-electron chi connectivity index (χ1n) is 19.1. The maximum absolute atomic E-state index is 14.0. The van der Waals surface area contributed by atoms with E-state index in [2.05, 4.69) is 9.64 Å². The van der Waals surface area contributed by atoms with Crippen LogP contribution in [-0.4, -0.2) is 77.4 Å². The zero-order valence-electron chi connectivity index (χ0n) is 30.6. The van der Waals surface area contributed by atoms with Crippen LogP contribution in [0.3, 0.4) is 0 Å². The van der Waals surface area contributed by atoms with E-state index in [9.17, 15) is 27.6 Å². The highest BCUT2D eigenvalue weighted by atomic mass is 19.4. The summed E-state index contributed by atoms with van der Waals surface area (Å²) in [7, 11) is 0. The monoisotopic (exact) mass is 739 g/mol. The second-order valence-electron chi connectivity index (χ2n) is 14.3. The third-order valence-corrected chi connectivity index (χ3v) is 10.5. The van der Waals surface area contributed by atoms with E-state index in [4.69, 9.17) is 0 Å². The Balaban J connectivity index is 1.14. The van der Waals surface area contributed by atoms with E-state index in [1.54, 1.807) is 12.1 Å². The summed E-state index contributed by atoms with van der Waals surface area (Å²) in [5.74, 6) is -2.44. The summed E-state index contributed by atoms with van der Waals surface area (Å²) in [6.45, 7) is 4.54. The molecule has 0 spiro atoms. The number of hydrogen-bond acceptors (Lipinski definition) is 5. The van der Waals surface area contributed by atoms with E-state index in [1.807, 2.05) is 88.7 Å². The number of likely N-dealkylation sites (tertiary alicyclic amines) is 2. The van der Waals surface area contributed by atoms with Gasteiger partial charge in [0.05, 0.1) is 0 Å². The zero-order valence-corrected chi connectivity index (χ0v) is 30.6. The molecule has 0 radical (unpaired) electrons. The van der Waals surface area contributed by atoms with Crippen molar-refractivity contribution in [1.29, 1.82) is 0 Å². The number of ether oxygens (including phenoxy) is 1. The number of amides is 2. The van der Waals surface area contributed by atoms with Crippen LogP contribution in [0, 0.1) is 0 Å². The van der Waals surface area contributed by atoms with Gasteiger partial charge in [0.15, 0.2) is 0 Å². The largest absolute Gasteiger partial charge is 0.491 e. The molecular formula is C44H48F3N3O4. The minimum absolute atomic E-state index is 0.00408. The van der Waals surface area contributed by atoms with Crippen LogP contribution in [0.1, 0.15) is 72.0 Å². The molecule has 0 N–H and O–H groups in total. The van der Waals surface area contributed by atoms with Gasteiger partial charge in [-0.3, -0.25) is 9.59 Å². The Labute approximate surface area is 315 Å². The molecule has 2 amide bonds. The highest BCUT2D eigenvalue weighted by molar-refractivity contribution is 6.01. The van der Waals surface area contributed by atoms with Crippen molar-refractivity contribution in [3.8, 4) is 16.9 Å². The molecule has 2 heterocycles. The molecule has 4 aromatic rings. The molecule has 0 aliphatic carbocycles. The third-order valence-electron chi connectivity index (χ3n) is 10.5. The Bertz CT molecular complexity index is 1850. The minimum Gasteiger partial charge on any atom is -0.420 e. The lowest BCUT2D eigenvalue weighted by Crippen LogP contribution is -2.48. The lowest BCUT2D eigenvalue weighted by atomic mass is 9.95. The van der Waals surface area contributed by atoms with Crippen molar-refractivity contribution < 1.29 is 32.3 Å². The number of nitrogens with zero attached hydrogens (tertiary/aromatic N) is 3. The fourth-order valence-corrected chi connectivity index (χ4v) is 7.56. The normalized spacial score (nSPS) is 15.5. The van der Waals surface area contributed by atoms with E-state index in [0.29, 0.717) is 44.0 Å². The molecule has 0 unspecified atom stereocenters. The lowest BCUT2D eigenvalue weighted by molar-refractivity contribution is -0.189. The zero-order chi connectivity index (χ0) is 37.9. The Hall–Kier alpha value is -4.96. The van der Waals surface area contributed by atoms with E-state index in [1.165, 1.54) is 31.4 Å². The van der Waals surface area contributed by atoms with Crippen LogP contribution in [0.5, 0.6) is 5.75 Å². The highest BCUT2D eigenvalue weighted by Crippen LogP contribution is 2.29. The Kier molecular flexibility index (Phi) is 13.2. The van der Waals surface area contributed by atoms with Crippen LogP contribution < -0.4 is 4.74 Å². The van der Waals surface area contributed by atoms with Crippen molar-refractivity contribution in [2.75, 3.05) is 32.7 Å². The van der Waals surface area contributed by atoms with Crippen LogP contribution in [0.25, 0.3) is 11.1 Å². The summed E-state index contributed by atoms with van der Waals surface area (Å²) < 4.78 is 42.4. The number of halogens is 3. The molecule has 2 fully saturated rings. The summed E-state index contributed by atoms with van der Waals surface area (Å²) in [5.41, 5.74) is 5.29. The fourth-order valence-electron chi connectivity index (χ4n) is 7.56. The van der Waals surface area contributed by atoms with Crippen LogP contribution in [0.15, 0.2) is 103 Å². The third kappa shape index (κ3) is 10.6. The average molecular weight is 740 g/mol. The van der Waals surface area contributed by atoms with Gasteiger partial charge in [-0.1, -0.05) is 85.3 Å². The molecule has 54 heavy (non-hydrogen) atoms. The summed E-state index contributed by atoms with van der Waals surface area (Å²) in [6.07, 6.45) is 2.99. The number of benzene rings is 4. The molecule has 284 valence electrons. The molecule has 6 rings (SSSR count). The maximum atomic E-state index is 14.0. The molecule has 0 atom stereocenters. The number of esters is 1. The van der Waals surface area contributed by atoms with Crippen LogP contribution in [-0.2, 0) is 29.0 Å². The SMILES string of the molecule is O=C(CCCc1ccccc1)N(CCc1ccc(OC(=O)C(F)(F)F)cc1)Cc1cccc(-c2ccccc2C(=O)N2CCC(N3CCCCC3)CC2)c1. The highest BCUT2D eigenvalue weighted by Gasteiger charge is 2.41. The van der Waals surface area contributed by atoms with E-state index < -0.39 is 12.1 Å². The molecule has 0 bridgehead atoms. The van der Waals surface area contributed by atoms with Gasteiger partial charge in [-0.2, -0.15) is 13.2 Å². The number of carbonyl (C=O) groups is 3. The lowest BCUT2D eigenvalue weighted by Gasteiger charge is -2.40. The minimum atomic E-state index is -5.08. The second-order valence-corrected chi connectivity index (χ2v) is 14.3. The van der Waals surface area contributed by atoms with Gasteiger partial charge in [0.2, 0.25) is 5.91 Å². The molecule has 10 heteroatoms. The van der Waals surface area contributed by atoms with E-state index >= 15 is 0 Å². The van der Waals surface area contributed by atoms with E-state index in [0.717, 1.165) is 73.3 Å². The van der Waals surface area contributed by atoms with Crippen molar-refractivity contribution >= 4 is 17.8 Å². The summed E-state index contributed by atoms with van der Waals surface area (Å²) in [5, 5.41) is 0. The van der Waals surface area contributed by atoms with Crippen molar-refractivity contribution in [3.63, 3.8) is 0 Å². The molecule has 7 nitrogen and oxygen atoms in total. The number of carbonyl (C=O) groups excluding carboxylic acids is 3. The summed E-state index contributed by atoms with van der Waals surface area (Å²) in [4.78, 5) is 45.3. The van der Waals surface area contributed by atoms with Crippen molar-refractivity contribution in [2.24, 2.45) is 0 Å². The van der Waals surface area contributed by atoms with Crippen molar-refractivity contribution in [1.82, 2.24) is 14.7 Å². The molecule has 0 aromatic heterocycles. The molecule has 4 aromatic carbocycles. The van der Waals surface area contributed by atoms with Gasteiger partial charge in [-0.25, -0.2) is 4.79 Å². The standard InChI is InChI=1S/C44H48F3N3O4/c45-44(46,47)43(53)54-38-21-19-34(20-22-38)23-28-50(41(51)18-10-13-33-11-3-1-4-12-33)32-35-14-9-15-36(31-35)39-16-5-6-17-40(39)42(52)49-29-24-37(25-30-49)48-26-7-2-8-27-48/h1,3-6,9,11-12,14-17,19-22,31,37H,2,7-8,10,13,18,23-30,32H2. The average Bonchev–Trinajstić information content (AvgIpc) is 3.20. The van der Waals surface area contributed by atoms with E-state index in [-0.39, 0.29) is 17.6 Å². The quantitative estimate of drug-likeness (QED) is 0.102. The van der Waals surface area contributed by atoms with Gasteiger partial charge in [0, 0.05) is 44.2 Å². The molecule has 0 saturated carbocycles. The van der Waals surface area contributed by atoms with Crippen molar-refractivity contribution in [2.45, 2.75) is 76.6 Å². The Morgan fingerprint density at radius 3 is 2.11 bits per heavy atom. The smallest absolute Gasteiger partial charge is 0.420 e. The van der Waals surface area contributed by atoms with Gasteiger partial charge in [0.25, 0.3) is 5.91 Å². The van der Waals surface area contributed by atoms with Crippen LogP contribution in [0.2, 0.25) is 0 Å². The topological polar surface area (TPSA) is 70.2 Å². The first-order chi connectivity index (χ1) is 26.1. The van der Waals surface area contributed by atoms with Gasteiger partial charge in [0.1, 0.15) is 5.75 Å².